The van der Waals surface area contributed by atoms with Gasteiger partial charge in [-0.3, -0.25) is 9.69 Å². The van der Waals surface area contributed by atoms with Gasteiger partial charge in [0.1, 0.15) is 16.9 Å². The number of aryl methyl sites for hydroxylation is 1. The summed E-state index contributed by atoms with van der Waals surface area (Å²) in [5.41, 5.74) is 2.33. The van der Waals surface area contributed by atoms with Crippen LogP contribution in [0.1, 0.15) is 34.4 Å². The van der Waals surface area contributed by atoms with Crippen LogP contribution in [-0.2, 0) is 24.2 Å². The predicted molar refractivity (Wildman–Crippen MR) is 117 cm³/mol. The smallest absolute Gasteiger partial charge is 0.226 e. The van der Waals surface area contributed by atoms with Crippen LogP contribution in [0.15, 0.2) is 18.2 Å². The van der Waals surface area contributed by atoms with Gasteiger partial charge < -0.3 is 10.2 Å². The van der Waals surface area contributed by atoms with Crippen molar-refractivity contribution in [2.45, 2.75) is 32.2 Å². The Kier molecular flexibility index (Phi) is 6.69. The predicted octanol–water partition coefficient (Wildman–Crippen LogP) is 4.05. The molecule has 0 spiro atoms. The third-order valence-corrected chi connectivity index (χ3v) is 7.41. The molecule has 8 heteroatoms. The number of nitriles is 1. The number of rotatable bonds is 6. The molecule has 1 aromatic heterocycles. The van der Waals surface area contributed by atoms with E-state index >= 15 is 0 Å². The zero-order chi connectivity index (χ0) is 21.1. The lowest BCUT2D eigenvalue weighted by Crippen LogP contribution is -2.46. The molecule has 0 atom stereocenters. The maximum atomic E-state index is 14.0. The molecule has 158 valence electrons. The first-order valence-electron chi connectivity index (χ1n) is 10.3. The molecule has 0 unspecified atom stereocenters. The summed E-state index contributed by atoms with van der Waals surface area (Å²) >= 11 is 7.68. The van der Waals surface area contributed by atoms with Crippen molar-refractivity contribution in [1.82, 2.24) is 9.80 Å². The molecule has 2 aliphatic rings. The van der Waals surface area contributed by atoms with Crippen molar-refractivity contribution in [3.8, 4) is 6.07 Å². The molecule has 4 rings (SSSR count). The second-order valence-electron chi connectivity index (χ2n) is 7.79. The number of nitrogens with zero attached hydrogens (tertiary/aromatic N) is 3. The second-order valence-corrected chi connectivity index (χ2v) is 9.30. The summed E-state index contributed by atoms with van der Waals surface area (Å²) < 4.78 is 14.0. The molecule has 0 bridgehead atoms. The van der Waals surface area contributed by atoms with Gasteiger partial charge in [0.25, 0.3) is 0 Å². The number of thiophene rings is 1. The molecule has 0 radical (unpaired) electrons. The summed E-state index contributed by atoms with van der Waals surface area (Å²) in [5, 5.41) is 13.6. The Balaban J connectivity index is 1.23. The van der Waals surface area contributed by atoms with Crippen molar-refractivity contribution >= 4 is 33.8 Å². The van der Waals surface area contributed by atoms with E-state index in [9.17, 15) is 14.4 Å². The first-order chi connectivity index (χ1) is 14.5. The Labute approximate surface area is 185 Å². The number of benzene rings is 1. The van der Waals surface area contributed by atoms with E-state index in [2.05, 4.69) is 21.2 Å². The molecule has 30 heavy (non-hydrogen) atoms. The van der Waals surface area contributed by atoms with E-state index in [1.54, 1.807) is 23.5 Å². The Morgan fingerprint density at radius 3 is 2.73 bits per heavy atom. The zero-order valence-electron chi connectivity index (χ0n) is 16.7. The van der Waals surface area contributed by atoms with E-state index in [-0.39, 0.29) is 11.7 Å². The monoisotopic (exact) mass is 446 g/mol. The number of nitrogens with one attached hydrogen (secondary N) is 1. The van der Waals surface area contributed by atoms with Crippen molar-refractivity contribution in [2.75, 3.05) is 38.0 Å². The van der Waals surface area contributed by atoms with Crippen LogP contribution in [0.2, 0.25) is 5.02 Å². The van der Waals surface area contributed by atoms with Gasteiger partial charge in [-0.25, -0.2) is 4.39 Å². The maximum absolute atomic E-state index is 14.0. The van der Waals surface area contributed by atoms with E-state index in [0.717, 1.165) is 51.0 Å². The normalized spacial score (nSPS) is 17.0. The Morgan fingerprint density at radius 2 is 2.00 bits per heavy atom. The fraction of sp³-hybridized carbons (Fsp3) is 0.455. The summed E-state index contributed by atoms with van der Waals surface area (Å²) in [6, 6.07) is 7.04. The fourth-order valence-corrected chi connectivity index (χ4v) is 5.62. The molecule has 1 aromatic carbocycles. The number of hydrogen-bond acceptors (Lipinski definition) is 5. The van der Waals surface area contributed by atoms with Crippen LogP contribution < -0.4 is 5.32 Å². The van der Waals surface area contributed by atoms with Gasteiger partial charge in [0, 0.05) is 61.2 Å². The summed E-state index contributed by atoms with van der Waals surface area (Å²) in [6.07, 6.45) is 3.44. The highest BCUT2D eigenvalue weighted by Gasteiger charge is 2.24. The standard InChI is InChI=1S/C22H24ClFN4OS/c23-18-4-2-5-19(24)17(18)14-28-11-9-27(10-12-28)8-7-21(29)26-22-16(13-25)15-3-1-6-20(15)30-22/h2,4-5H,1,3,6-12,14H2,(H,26,29). The molecule has 1 saturated heterocycles. The Morgan fingerprint density at radius 1 is 1.23 bits per heavy atom. The largest absolute Gasteiger partial charge is 0.317 e. The molecule has 1 amide bonds. The molecule has 0 saturated carbocycles. The first-order valence-corrected chi connectivity index (χ1v) is 11.5. The van der Waals surface area contributed by atoms with Crippen LogP contribution in [-0.4, -0.2) is 48.4 Å². The lowest BCUT2D eigenvalue weighted by molar-refractivity contribution is -0.116. The van der Waals surface area contributed by atoms with Crippen LogP contribution >= 0.6 is 22.9 Å². The molecule has 1 fully saturated rings. The molecule has 5 nitrogen and oxygen atoms in total. The number of carbonyl (C=O) groups is 1. The minimum Gasteiger partial charge on any atom is -0.317 e. The van der Waals surface area contributed by atoms with Crippen molar-refractivity contribution in [1.29, 1.82) is 5.26 Å². The molecular formula is C22H24ClFN4OS. The van der Waals surface area contributed by atoms with Gasteiger partial charge in [-0.05, 0) is 37.0 Å². The van der Waals surface area contributed by atoms with Crippen LogP contribution in [0, 0.1) is 17.1 Å². The molecular weight excluding hydrogens is 423 g/mol. The van der Waals surface area contributed by atoms with Crippen molar-refractivity contribution in [3.05, 3.63) is 50.6 Å². The Bertz CT molecular complexity index is 958. The SMILES string of the molecule is N#Cc1c(NC(=O)CCN2CCN(Cc3c(F)cccc3Cl)CC2)sc2c1CCC2. The third kappa shape index (κ3) is 4.68. The topological polar surface area (TPSA) is 59.4 Å². The fourth-order valence-electron chi connectivity index (χ4n) is 4.14. The van der Waals surface area contributed by atoms with E-state index in [1.807, 2.05) is 0 Å². The number of halogens is 2. The van der Waals surface area contributed by atoms with Crippen LogP contribution in [0.3, 0.4) is 0 Å². The summed E-state index contributed by atoms with van der Waals surface area (Å²) in [5.74, 6) is -0.315. The van der Waals surface area contributed by atoms with E-state index < -0.39 is 0 Å². The average molecular weight is 447 g/mol. The van der Waals surface area contributed by atoms with Crippen LogP contribution in [0.4, 0.5) is 9.39 Å². The number of hydrogen-bond donors (Lipinski definition) is 1. The van der Waals surface area contributed by atoms with Gasteiger partial charge in [-0.1, -0.05) is 17.7 Å². The summed E-state index contributed by atoms with van der Waals surface area (Å²) in [7, 11) is 0. The highest BCUT2D eigenvalue weighted by atomic mass is 35.5. The third-order valence-electron chi connectivity index (χ3n) is 5.85. The van der Waals surface area contributed by atoms with Gasteiger partial charge >= 0.3 is 0 Å². The van der Waals surface area contributed by atoms with Crippen molar-refractivity contribution in [3.63, 3.8) is 0 Å². The lowest BCUT2D eigenvalue weighted by Gasteiger charge is -2.34. The number of amides is 1. The van der Waals surface area contributed by atoms with Gasteiger partial charge in [0.05, 0.1) is 5.56 Å². The molecule has 2 aromatic rings. The van der Waals surface area contributed by atoms with E-state index in [4.69, 9.17) is 11.6 Å². The highest BCUT2D eigenvalue weighted by Crippen LogP contribution is 2.38. The van der Waals surface area contributed by atoms with Crippen LogP contribution in [0.25, 0.3) is 0 Å². The van der Waals surface area contributed by atoms with Crippen molar-refractivity contribution < 1.29 is 9.18 Å². The highest BCUT2D eigenvalue weighted by molar-refractivity contribution is 7.16. The average Bonchev–Trinajstić information content (AvgIpc) is 3.31. The number of anilines is 1. The number of carbonyl (C=O) groups excluding carboxylic acids is 1. The van der Waals surface area contributed by atoms with Gasteiger partial charge in [-0.2, -0.15) is 5.26 Å². The molecule has 1 N–H and O–H groups in total. The first kappa shape index (κ1) is 21.3. The van der Waals surface area contributed by atoms with Gasteiger partial charge in [0.2, 0.25) is 5.91 Å². The minimum absolute atomic E-state index is 0.0491. The zero-order valence-corrected chi connectivity index (χ0v) is 18.3. The summed E-state index contributed by atoms with van der Waals surface area (Å²) in [4.78, 5) is 18.1. The Hall–Kier alpha value is -1.98. The van der Waals surface area contributed by atoms with Crippen LogP contribution in [0.5, 0.6) is 0 Å². The second kappa shape index (κ2) is 9.44. The summed E-state index contributed by atoms with van der Waals surface area (Å²) in [6.45, 7) is 4.45. The molecule has 1 aliphatic heterocycles. The minimum atomic E-state index is -0.266. The van der Waals surface area contributed by atoms with Gasteiger partial charge in [-0.15, -0.1) is 11.3 Å². The molecule has 2 heterocycles. The van der Waals surface area contributed by atoms with E-state index in [1.165, 1.54) is 10.9 Å². The van der Waals surface area contributed by atoms with Gasteiger partial charge in [0.15, 0.2) is 0 Å². The maximum Gasteiger partial charge on any atom is 0.226 e. The quantitative estimate of drug-likeness (QED) is 0.727. The molecule has 1 aliphatic carbocycles. The van der Waals surface area contributed by atoms with E-state index in [0.29, 0.717) is 40.7 Å². The van der Waals surface area contributed by atoms with Crippen molar-refractivity contribution in [2.24, 2.45) is 0 Å². The number of fused-ring (bicyclic) bond motifs is 1. The lowest BCUT2D eigenvalue weighted by atomic mass is 10.1. The number of piperazine rings is 1.